The smallest absolute Gasteiger partial charge is 0.240 e. The summed E-state index contributed by atoms with van der Waals surface area (Å²) in [5.41, 5.74) is 5.12. The van der Waals surface area contributed by atoms with Crippen LogP contribution in [0.3, 0.4) is 0 Å². The van der Waals surface area contributed by atoms with Gasteiger partial charge < -0.3 is 15.8 Å². The fourth-order valence-electron chi connectivity index (χ4n) is 1.10. The maximum Gasteiger partial charge on any atom is 0.240 e. The summed E-state index contributed by atoms with van der Waals surface area (Å²) in [5.74, 6) is -0.974. The number of primary amides is 1. The zero-order valence-electron chi connectivity index (χ0n) is 9.37. The molecule has 0 aliphatic carbocycles. The van der Waals surface area contributed by atoms with Gasteiger partial charge in [-0.25, -0.2) is 0 Å². The number of nitrogens with one attached hydrogen (secondary N) is 1. The van der Waals surface area contributed by atoms with Crippen LogP contribution in [0.1, 0.15) is 33.6 Å². The second-order valence-corrected chi connectivity index (χ2v) is 3.89. The Labute approximate surface area is 89.4 Å². The van der Waals surface area contributed by atoms with Crippen molar-refractivity contribution in [3.05, 3.63) is 0 Å². The second-order valence-electron chi connectivity index (χ2n) is 3.89. The first kappa shape index (κ1) is 13.6. The molecule has 0 saturated heterocycles. The maximum absolute atomic E-state index is 11.3. The Morgan fingerprint density at radius 1 is 1.20 bits per heavy atom. The molecule has 0 rings (SSSR count). The fraction of sp³-hybridized carbons (Fsp3) is 0.700. The van der Waals surface area contributed by atoms with Crippen molar-refractivity contribution in [1.29, 1.82) is 0 Å². The summed E-state index contributed by atoms with van der Waals surface area (Å²) < 4.78 is 0. The molecule has 0 spiro atoms. The van der Waals surface area contributed by atoms with Crippen molar-refractivity contribution < 1.29 is 14.4 Å². The largest absolute Gasteiger partial charge is 0.368 e. The van der Waals surface area contributed by atoms with E-state index < -0.39 is 11.9 Å². The van der Waals surface area contributed by atoms with Crippen LogP contribution < -0.4 is 11.1 Å². The summed E-state index contributed by atoms with van der Waals surface area (Å²) >= 11 is 0. The molecule has 0 aliphatic heterocycles. The molecule has 0 heterocycles. The van der Waals surface area contributed by atoms with E-state index in [-0.39, 0.29) is 30.4 Å². The van der Waals surface area contributed by atoms with Gasteiger partial charge in [-0.3, -0.25) is 9.59 Å². The standard InChI is InChI=1S/C10H18N2O3/c1-6(2)9(10(11)15)12-8(14)5-4-7(3)13/h6,9H,4-5H2,1-3H3,(H2,11,15)(H,12,14). The van der Waals surface area contributed by atoms with Crippen LogP contribution in [0.5, 0.6) is 0 Å². The van der Waals surface area contributed by atoms with Gasteiger partial charge in [-0.2, -0.15) is 0 Å². The molecule has 0 bridgehead atoms. The fourth-order valence-corrected chi connectivity index (χ4v) is 1.10. The van der Waals surface area contributed by atoms with E-state index >= 15 is 0 Å². The van der Waals surface area contributed by atoms with E-state index in [4.69, 9.17) is 5.73 Å². The van der Waals surface area contributed by atoms with Gasteiger partial charge in [0, 0.05) is 12.8 Å². The molecule has 5 nitrogen and oxygen atoms in total. The quantitative estimate of drug-likeness (QED) is 0.651. The van der Waals surface area contributed by atoms with Crippen LogP contribution in [-0.4, -0.2) is 23.6 Å². The monoisotopic (exact) mass is 214 g/mol. The van der Waals surface area contributed by atoms with E-state index in [0.29, 0.717) is 0 Å². The topological polar surface area (TPSA) is 89.3 Å². The van der Waals surface area contributed by atoms with E-state index in [9.17, 15) is 14.4 Å². The summed E-state index contributed by atoms with van der Waals surface area (Å²) in [6.07, 6.45) is 0.293. The van der Waals surface area contributed by atoms with Gasteiger partial charge in [0.1, 0.15) is 11.8 Å². The zero-order valence-corrected chi connectivity index (χ0v) is 9.37. The predicted octanol–water partition coefficient (Wildman–Crippen LogP) is -0.0183. The number of hydrogen-bond donors (Lipinski definition) is 2. The van der Waals surface area contributed by atoms with Gasteiger partial charge in [0.15, 0.2) is 0 Å². The van der Waals surface area contributed by atoms with E-state index in [1.165, 1.54) is 6.92 Å². The van der Waals surface area contributed by atoms with Crippen LogP contribution in [-0.2, 0) is 14.4 Å². The second kappa shape index (κ2) is 6.16. The van der Waals surface area contributed by atoms with Crippen LogP contribution in [0.4, 0.5) is 0 Å². The van der Waals surface area contributed by atoms with Crippen LogP contribution in [0.15, 0.2) is 0 Å². The first-order chi connectivity index (χ1) is 6.84. The highest BCUT2D eigenvalue weighted by Gasteiger charge is 2.21. The van der Waals surface area contributed by atoms with Gasteiger partial charge in [0.05, 0.1) is 0 Å². The highest BCUT2D eigenvalue weighted by Crippen LogP contribution is 2.01. The number of ketones is 1. The molecule has 0 saturated carbocycles. The number of rotatable bonds is 6. The van der Waals surface area contributed by atoms with Gasteiger partial charge in [0.25, 0.3) is 0 Å². The van der Waals surface area contributed by atoms with Gasteiger partial charge in [0.2, 0.25) is 11.8 Å². The first-order valence-electron chi connectivity index (χ1n) is 4.92. The van der Waals surface area contributed by atoms with Crippen molar-refractivity contribution in [1.82, 2.24) is 5.32 Å². The number of hydrogen-bond acceptors (Lipinski definition) is 3. The number of nitrogens with two attached hydrogens (primary N) is 1. The lowest BCUT2D eigenvalue weighted by atomic mass is 10.0. The average molecular weight is 214 g/mol. The summed E-state index contributed by atoms with van der Waals surface area (Å²) in [6.45, 7) is 5.00. The molecule has 3 N–H and O–H groups in total. The SMILES string of the molecule is CC(=O)CCC(=O)NC(C(N)=O)C(C)C. The van der Waals surface area contributed by atoms with E-state index in [1.54, 1.807) is 13.8 Å². The summed E-state index contributed by atoms with van der Waals surface area (Å²) in [7, 11) is 0. The van der Waals surface area contributed by atoms with Crippen LogP contribution in [0.25, 0.3) is 0 Å². The van der Waals surface area contributed by atoms with Crippen LogP contribution in [0, 0.1) is 5.92 Å². The van der Waals surface area contributed by atoms with Crippen molar-refractivity contribution in [3.63, 3.8) is 0 Å². The Kier molecular flexibility index (Phi) is 5.59. The van der Waals surface area contributed by atoms with Crippen LogP contribution >= 0.6 is 0 Å². The van der Waals surface area contributed by atoms with Crippen molar-refractivity contribution >= 4 is 17.6 Å². The lowest BCUT2D eigenvalue weighted by Gasteiger charge is -2.18. The normalized spacial score (nSPS) is 12.3. The maximum atomic E-state index is 11.3. The Bertz CT molecular complexity index is 261. The predicted molar refractivity (Wildman–Crippen MR) is 55.9 cm³/mol. The number of carbonyl (C=O) groups is 3. The van der Waals surface area contributed by atoms with Crippen molar-refractivity contribution in [2.75, 3.05) is 0 Å². The Balaban J connectivity index is 4.12. The molecule has 1 atom stereocenters. The Hall–Kier alpha value is -1.39. The molecule has 0 aromatic heterocycles. The van der Waals surface area contributed by atoms with E-state index in [1.807, 2.05) is 0 Å². The Morgan fingerprint density at radius 3 is 2.07 bits per heavy atom. The molecule has 2 amide bonds. The molecule has 1 unspecified atom stereocenters. The summed E-state index contributed by atoms with van der Waals surface area (Å²) in [6, 6.07) is -0.663. The zero-order chi connectivity index (χ0) is 12.0. The number of Topliss-reactive ketones (excluding diaryl/α,β-unsaturated/α-hetero) is 1. The van der Waals surface area contributed by atoms with Crippen molar-refractivity contribution in [2.24, 2.45) is 11.7 Å². The highest BCUT2D eigenvalue weighted by molar-refractivity contribution is 5.88. The van der Waals surface area contributed by atoms with Crippen molar-refractivity contribution in [3.8, 4) is 0 Å². The molecular weight excluding hydrogens is 196 g/mol. The third-order valence-corrected chi connectivity index (χ3v) is 1.99. The minimum Gasteiger partial charge on any atom is -0.368 e. The molecular formula is C10H18N2O3. The first-order valence-corrected chi connectivity index (χ1v) is 4.92. The third-order valence-electron chi connectivity index (χ3n) is 1.99. The minimum absolute atomic E-state index is 0.0506. The molecule has 0 fully saturated rings. The molecule has 86 valence electrons. The minimum atomic E-state index is -0.663. The lowest BCUT2D eigenvalue weighted by Crippen LogP contribution is -2.47. The van der Waals surface area contributed by atoms with Gasteiger partial charge in [-0.15, -0.1) is 0 Å². The van der Waals surface area contributed by atoms with Gasteiger partial charge >= 0.3 is 0 Å². The molecule has 5 heteroatoms. The summed E-state index contributed by atoms with van der Waals surface area (Å²) in [4.78, 5) is 32.9. The Morgan fingerprint density at radius 2 is 1.73 bits per heavy atom. The third kappa shape index (κ3) is 5.83. The molecule has 0 radical (unpaired) electrons. The van der Waals surface area contributed by atoms with E-state index in [2.05, 4.69) is 5.32 Å². The number of carbonyl (C=O) groups excluding carboxylic acids is 3. The molecule has 0 aliphatic rings. The average Bonchev–Trinajstić information content (AvgIpc) is 2.09. The molecule has 0 aromatic rings. The summed E-state index contributed by atoms with van der Waals surface area (Å²) in [5, 5.41) is 2.51. The van der Waals surface area contributed by atoms with Crippen molar-refractivity contribution in [2.45, 2.75) is 39.7 Å². The van der Waals surface area contributed by atoms with Gasteiger partial charge in [-0.1, -0.05) is 13.8 Å². The molecule has 0 aromatic carbocycles. The molecule has 15 heavy (non-hydrogen) atoms. The van der Waals surface area contributed by atoms with E-state index in [0.717, 1.165) is 0 Å². The van der Waals surface area contributed by atoms with Crippen LogP contribution in [0.2, 0.25) is 0 Å². The van der Waals surface area contributed by atoms with Gasteiger partial charge in [-0.05, 0) is 12.8 Å². The number of amides is 2. The lowest BCUT2D eigenvalue weighted by molar-refractivity contribution is -0.129. The highest BCUT2D eigenvalue weighted by atomic mass is 16.2.